The second kappa shape index (κ2) is 8.92. The van der Waals surface area contributed by atoms with Crippen molar-refractivity contribution in [2.75, 3.05) is 51.4 Å². The average Bonchev–Trinajstić information content (AvgIpc) is 2.64. The molecule has 3 heterocycles. The van der Waals surface area contributed by atoms with E-state index in [9.17, 15) is 0 Å². The van der Waals surface area contributed by atoms with Crippen molar-refractivity contribution in [1.82, 2.24) is 14.9 Å². The van der Waals surface area contributed by atoms with Gasteiger partial charge in [-0.1, -0.05) is 13.3 Å². The van der Waals surface area contributed by atoms with Crippen LogP contribution in [-0.4, -0.2) is 73.5 Å². The van der Waals surface area contributed by atoms with Crippen LogP contribution < -0.4 is 4.90 Å². The quantitative estimate of drug-likeness (QED) is 0.784. The third-order valence-corrected chi connectivity index (χ3v) is 5.25. The van der Waals surface area contributed by atoms with Gasteiger partial charge in [-0.05, 0) is 33.2 Å². The lowest BCUT2D eigenvalue weighted by Gasteiger charge is -2.39. The zero-order valence-electron chi connectivity index (χ0n) is 15.9. The fourth-order valence-electron chi connectivity index (χ4n) is 3.83. The van der Waals surface area contributed by atoms with Gasteiger partial charge in [0.2, 0.25) is 0 Å². The molecule has 0 aliphatic carbocycles. The largest absolute Gasteiger partial charge is 0.376 e. The molecule has 2 fully saturated rings. The van der Waals surface area contributed by atoms with Gasteiger partial charge in [-0.3, -0.25) is 0 Å². The monoisotopic (exact) mass is 348 g/mol. The molecule has 3 rings (SSSR count). The number of piperidine rings is 1. The minimum Gasteiger partial charge on any atom is -0.376 e. The lowest BCUT2D eigenvalue weighted by Crippen LogP contribution is -2.47. The predicted octanol–water partition coefficient (Wildman–Crippen LogP) is 2.05. The molecule has 0 radical (unpaired) electrons. The van der Waals surface area contributed by atoms with Crippen molar-refractivity contribution in [1.29, 1.82) is 0 Å². The highest BCUT2D eigenvalue weighted by atomic mass is 16.6. The first-order valence-electron chi connectivity index (χ1n) is 9.64. The van der Waals surface area contributed by atoms with Crippen molar-refractivity contribution in [3.05, 3.63) is 17.6 Å². The Morgan fingerprint density at radius 1 is 1.28 bits per heavy atom. The lowest BCUT2D eigenvalue weighted by molar-refractivity contribution is -0.0989. The Bertz CT molecular complexity index is 540. The Balaban J connectivity index is 1.55. The molecule has 1 aromatic rings. The van der Waals surface area contributed by atoms with E-state index in [2.05, 4.69) is 28.8 Å². The zero-order chi connectivity index (χ0) is 17.6. The highest BCUT2D eigenvalue weighted by Crippen LogP contribution is 2.25. The van der Waals surface area contributed by atoms with Crippen molar-refractivity contribution in [2.24, 2.45) is 0 Å². The minimum absolute atomic E-state index is 0.220. The van der Waals surface area contributed by atoms with Crippen molar-refractivity contribution >= 4 is 5.82 Å². The van der Waals surface area contributed by atoms with Crippen LogP contribution in [0, 0.1) is 6.92 Å². The molecule has 6 heteroatoms. The number of aromatic nitrogens is 2. The highest BCUT2D eigenvalue weighted by Gasteiger charge is 2.27. The lowest BCUT2D eigenvalue weighted by atomic mass is 10.0. The number of ether oxygens (including phenoxy) is 2. The van der Waals surface area contributed by atoms with Crippen molar-refractivity contribution < 1.29 is 9.47 Å². The van der Waals surface area contributed by atoms with E-state index in [1.165, 1.54) is 18.4 Å². The van der Waals surface area contributed by atoms with Crippen molar-refractivity contribution in [3.8, 4) is 0 Å². The molecular formula is C19H32N4O2. The first-order valence-corrected chi connectivity index (χ1v) is 9.64. The van der Waals surface area contributed by atoms with Crippen LogP contribution in [0.5, 0.6) is 0 Å². The van der Waals surface area contributed by atoms with Crippen LogP contribution in [0.3, 0.4) is 0 Å². The summed E-state index contributed by atoms with van der Waals surface area (Å²) in [5, 5.41) is 0. The maximum atomic E-state index is 5.79. The molecule has 0 N–H and O–H groups in total. The fraction of sp³-hybridized carbons (Fsp3) is 0.789. The second-order valence-corrected chi connectivity index (χ2v) is 7.24. The number of likely N-dealkylation sites (N-methyl/N-ethyl adjacent to an activating group) is 1. The van der Waals surface area contributed by atoms with Gasteiger partial charge < -0.3 is 19.3 Å². The van der Waals surface area contributed by atoms with Gasteiger partial charge in [0, 0.05) is 37.4 Å². The first-order chi connectivity index (χ1) is 12.2. The maximum Gasteiger partial charge on any atom is 0.135 e. The predicted molar refractivity (Wildman–Crippen MR) is 99.2 cm³/mol. The number of hydrogen-bond donors (Lipinski definition) is 0. The summed E-state index contributed by atoms with van der Waals surface area (Å²) in [5.41, 5.74) is 1.28. The van der Waals surface area contributed by atoms with Crippen molar-refractivity contribution in [2.45, 2.75) is 51.7 Å². The number of nitrogens with zero attached hydrogens (tertiary/aromatic N) is 4. The Kier molecular flexibility index (Phi) is 6.62. The fourth-order valence-corrected chi connectivity index (χ4v) is 3.83. The molecule has 0 bridgehead atoms. The number of rotatable bonds is 6. The Morgan fingerprint density at radius 3 is 2.76 bits per heavy atom. The summed E-state index contributed by atoms with van der Waals surface area (Å²) < 4.78 is 11.3. The molecule has 6 nitrogen and oxygen atoms in total. The van der Waals surface area contributed by atoms with Gasteiger partial charge in [-0.15, -0.1) is 0 Å². The minimum atomic E-state index is 0.220. The normalized spacial score (nSPS) is 22.6. The van der Waals surface area contributed by atoms with Gasteiger partial charge in [0.1, 0.15) is 11.6 Å². The average molecular weight is 348 g/mol. The van der Waals surface area contributed by atoms with Gasteiger partial charge in [0.15, 0.2) is 0 Å². The van der Waals surface area contributed by atoms with E-state index >= 15 is 0 Å². The number of hydrogen-bond acceptors (Lipinski definition) is 6. The molecule has 0 spiro atoms. The Labute approximate surface area is 151 Å². The molecule has 2 aliphatic heterocycles. The molecule has 140 valence electrons. The van der Waals surface area contributed by atoms with E-state index in [1.54, 1.807) is 0 Å². The van der Waals surface area contributed by atoms with E-state index in [0.29, 0.717) is 6.04 Å². The van der Waals surface area contributed by atoms with Crippen LogP contribution in [0.4, 0.5) is 5.82 Å². The highest BCUT2D eigenvalue weighted by molar-refractivity contribution is 5.46. The Morgan fingerprint density at radius 2 is 2.08 bits per heavy atom. The van der Waals surface area contributed by atoms with Gasteiger partial charge in [-0.25, -0.2) is 9.97 Å². The summed E-state index contributed by atoms with van der Waals surface area (Å²) in [6.07, 6.45) is 6.74. The molecule has 2 aliphatic rings. The van der Waals surface area contributed by atoms with Crippen molar-refractivity contribution in [3.63, 3.8) is 0 Å². The summed E-state index contributed by atoms with van der Waals surface area (Å²) in [6, 6.07) is 0.610. The Hall–Kier alpha value is -1.24. The molecule has 25 heavy (non-hydrogen) atoms. The number of aryl methyl sites for hydroxylation is 2. The van der Waals surface area contributed by atoms with Crippen LogP contribution in [0.25, 0.3) is 0 Å². The molecule has 0 aromatic carbocycles. The van der Waals surface area contributed by atoms with Gasteiger partial charge in [0.25, 0.3) is 0 Å². The molecular weight excluding hydrogens is 316 g/mol. The number of anilines is 1. The van der Waals surface area contributed by atoms with Crippen LogP contribution in [0.2, 0.25) is 0 Å². The van der Waals surface area contributed by atoms with E-state index in [0.717, 1.165) is 63.9 Å². The standard InChI is InChI=1S/C19H32N4O2/c1-4-5-16-12-20-15(2)21-19(16)23-8-6-17(7-9-23)22(3)13-18-14-24-10-11-25-18/h12,17-18H,4-11,13-14H2,1-3H3/t18-/m0/s1. The molecule has 0 saturated carbocycles. The molecule has 0 unspecified atom stereocenters. The van der Waals surface area contributed by atoms with E-state index < -0.39 is 0 Å². The SMILES string of the molecule is CCCc1cnc(C)nc1N1CCC(N(C)C[C@H]2COCCO2)CC1. The second-order valence-electron chi connectivity index (χ2n) is 7.24. The molecule has 1 atom stereocenters. The summed E-state index contributed by atoms with van der Waals surface area (Å²) in [4.78, 5) is 14.0. The molecule has 1 aromatic heterocycles. The smallest absolute Gasteiger partial charge is 0.135 e. The topological polar surface area (TPSA) is 50.7 Å². The first kappa shape index (κ1) is 18.5. The molecule has 0 amide bonds. The molecule has 2 saturated heterocycles. The van der Waals surface area contributed by atoms with Gasteiger partial charge >= 0.3 is 0 Å². The van der Waals surface area contributed by atoms with Crippen LogP contribution in [-0.2, 0) is 15.9 Å². The summed E-state index contributed by atoms with van der Waals surface area (Å²) in [7, 11) is 2.22. The summed E-state index contributed by atoms with van der Waals surface area (Å²) in [5.74, 6) is 2.02. The third-order valence-electron chi connectivity index (χ3n) is 5.25. The van der Waals surface area contributed by atoms with Crippen LogP contribution in [0.1, 0.15) is 37.6 Å². The van der Waals surface area contributed by atoms with Gasteiger partial charge in [-0.2, -0.15) is 0 Å². The van der Waals surface area contributed by atoms with Gasteiger partial charge in [0.05, 0.1) is 25.9 Å². The van der Waals surface area contributed by atoms with E-state index in [4.69, 9.17) is 14.5 Å². The van der Waals surface area contributed by atoms with Crippen LogP contribution in [0.15, 0.2) is 6.20 Å². The third kappa shape index (κ3) is 4.90. The van der Waals surface area contributed by atoms with E-state index in [-0.39, 0.29) is 6.10 Å². The summed E-state index contributed by atoms with van der Waals surface area (Å²) in [6.45, 7) is 9.45. The maximum absolute atomic E-state index is 5.79. The van der Waals surface area contributed by atoms with Crippen LogP contribution >= 0.6 is 0 Å². The van der Waals surface area contributed by atoms with E-state index in [1.807, 2.05) is 13.1 Å². The summed E-state index contributed by atoms with van der Waals surface area (Å²) >= 11 is 0. The zero-order valence-corrected chi connectivity index (χ0v) is 15.9.